The normalized spacial score (nSPS) is 14.7. The molecule has 0 aliphatic rings. The van der Waals surface area contributed by atoms with E-state index in [2.05, 4.69) is 57.2 Å². The number of benzene rings is 1. The summed E-state index contributed by atoms with van der Waals surface area (Å²) in [6, 6.07) is 0.970. The molecule has 1 rings (SSSR count). The Hall–Kier alpha value is -3.95. The Labute approximate surface area is 358 Å². The molecule has 0 unspecified atom stereocenters. The van der Waals surface area contributed by atoms with Crippen molar-refractivity contribution in [3.05, 3.63) is 35.9 Å². The number of thiol groups is 2. The smallest absolute Gasteiger partial charge is 0.327 e. The summed E-state index contributed by atoms with van der Waals surface area (Å²) in [5.74, 6) is -5.53. The van der Waals surface area contributed by atoms with Crippen LogP contribution in [0, 0.1) is 5.92 Å². The Bertz CT molecular complexity index is 1460. The third-order valence-corrected chi connectivity index (χ3v) is 10.1. The first-order chi connectivity index (χ1) is 28.1. The summed E-state index contributed by atoms with van der Waals surface area (Å²) >= 11 is 8.08. The lowest BCUT2D eigenvalue weighted by molar-refractivity contribution is -0.141. The zero-order valence-electron chi connectivity index (χ0n) is 34.3. The SMILES string of the molecule is CC(C)C[C@H](NC(=O)[C@H](Cc1ccccc1)NC(=O)[C@H](CCCCN)NC(=O)[C@@H](N)CS)C(=O)N[C@@H](CCCCN)C(=O)N[C@@H](CCCCN)C(=O)N[C@@H](CS)C(=O)O. The summed E-state index contributed by atoms with van der Waals surface area (Å²) < 4.78 is 0. The fourth-order valence-corrected chi connectivity index (χ4v) is 6.37. The first kappa shape index (κ1) is 53.1. The second-order valence-corrected chi connectivity index (χ2v) is 15.6. The number of unbranched alkanes of at least 4 members (excludes halogenated alkanes) is 3. The second-order valence-electron chi connectivity index (χ2n) is 14.8. The van der Waals surface area contributed by atoms with Crippen LogP contribution >= 0.6 is 25.3 Å². The van der Waals surface area contributed by atoms with Gasteiger partial charge in [-0.05, 0) is 95.3 Å². The molecule has 0 bridgehead atoms. The van der Waals surface area contributed by atoms with Crippen molar-refractivity contribution in [2.24, 2.45) is 28.9 Å². The van der Waals surface area contributed by atoms with E-state index in [9.17, 15) is 38.7 Å². The molecule has 0 fully saturated rings. The summed E-state index contributed by atoms with van der Waals surface area (Å²) in [4.78, 5) is 93.3. The number of carboxylic acid groups (broad SMARTS) is 1. The molecular formula is C39H68N10O8S2. The van der Waals surface area contributed by atoms with Crippen LogP contribution in [0.25, 0.3) is 0 Å². The number of carboxylic acids is 1. The van der Waals surface area contributed by atoms with E-state index >= 15 is 0 Å². The van der Waals surface area contributed by atoms with Gasteiger partial charge in [0.15, 0.2) is 0 Å². The lowest BCUT2D eigenvalue weighted by atomic mass is 9.99. The molecule has 1 aromatic rings. The molecule has 0 heterocycles. The van der Waals surface area contributed by atoms with Gasteiger partial charge in [-0.25, -0.2) is 4.79 Å². The predicted octanol–water partition coefficient (Wildman–Crippen LogP) is -1.16. The first-order valence-electron chi connectivity index (χ1n) is 20.3. The second kappa shape index (κ2) is 30.1. The fraction of sp³-hybridized carbons (Fsp3) is 0.667. The Morgan fingerprint density at radius 1 is 0.542 bits per heavy atom. The number of carbonyl (C=O) groups excluding carboxylic acids is 6. The summed E-state index contributed by atoms with van der Waals surface area (Å²) in [5, 5.41) is 25.5. The van der Waals surface area contributed by atoms with Gasteiger partial charge in [0.2, 0.25) is 35.4 Å². The topological polar surface area (TPSA) is 316 Å². The molecule has 6 amide bonds. The van der Waals surface area contributed by atoms with Crippen LogP contribution in [0.5, 0.6) is 0 Å². The average molecular weight is 869 g/mol. The van der Waals surface area contributed by atoms with Crippen molar-refractivity contribution in [3.8, 4) is 0 Å². The fourth-order valence-electron chi connectivity index (χ4n) is 5.96. The van der Waals surface area contributed by atoms with Crippen LogP contribution in [0.1, 0.15) is 83.6 Å². The van der Waals surface area contributed by atoms with E-state index in [1.807, 2.05) is 13.8 Å². The van der Waals surface area contributed by atoms with Gasteiger partial charge in [-0.3, -0.25) is 28.8 Å². The number of rotatable bonds is 31. The number of nitrogens with one attached hydrogen (secondary N) is 6. The van der Waals surface area contributed by atoms with Crippen molar-refractivity contribution in [2.45, 2.75) is 127 Å². The van der Waals surface area contributed by atoms with Gasteiger partial charge in [0, 0.05) is 17.9 Å². The molecular weight excluding hydrogens is 801 g/mol. The summed E-state index contributed by atoms with van der Waals surface area (Å²) in [6.45, 7) is 4.74. The minimum Gasteiger partial charge on any atom is -0.480 e. The maximum atomic E-state index is 14.1. The van der Waals surface area contributed by atoms with Gasteiger partial charge in [0.05, 0.1) is 6.04 Å². The zero-order valence-corrected chi connectivity index (χ0v) is 36.1. The Balaban J connectivity index is 3.43. The number of nitrogens with two attached hydrogens (primary N) is 4. The van der Waals surface area contributed by atoms with Gasteiger partial charge < -0.3 is 59.9 Å². The maximum Gasteiger partial charge on any atom is 0.327 e. The lowest BCUT2D eigenvalue weighted by Crippen LogP contribution is -2.60. The highest BCUT2D eigenvalue weighted by Gasteiger charge is 2.34. The average Bonchev–Trinajstić information content (AvgIpc) is 3.20. The third kappa shape index (κ3) is 21.2. The molecule has 0 radical (unpaired) electrons. The number of hydrogen-bond acceptors (Lipinski definition) is 13. The van der Waals surface area contributed by atoms with Gasteiger partial charge in [-0.15, -0.1) is 0 Å². The van der Waals surface area contributed by atoms with Crippen molar-refractivity contribution < 1.29 is 38.7 Å². The summed E-state index contributed by atoms with van der Waals surface area (Å²) in [5.41, 5.74) is 23.6. The van der Waals surface area contributed by atoms with Gasteiger partial charge in [-0.2, -0.15) is 25.3 Å². The molecule has 0 aromatic heterocycles. The van der Waals surface area contributed by atoms with Crippen molar-refractivity contribution in [1.29, 1.82) is 0 Å². The quantitative estimate of drug-likeness (QED) is 0.0311. The molecule has 18 nitrogen and oxygen atoms in total. The van der Waals surface area contributed by atoms with Crippen LogP contribution in [-0.2, 0) is 40.0 Å². The molecule has 0 saturated heterocycles. The molecule has 20 heteroatoms. The standard InChI is InChI=1S/C39H68N10O8S2/c1-24(2)20-30(37(54)46-28(15-7-10-18-41)34(51)45-29(16-8-11-19-42)36(53)49-32(23-59)39(56)57)47-38(55)31(21-25-12-4-3-5-13-25)48-35(52)27(14-6-9-17-40)44-33(50)26(43)22-58/h3-5,12-13,24,26-32,58-59H,6-11,14-23,40-43H2,1-2H3,(H,44,50)(H,45,51)(H,46,54)(H,47,55)(H,48,52)(H,49,53)(H,56,57)/t26-,27-,28-,29-,30-,31-,32-/m0/s1. The molecule has 15 N–H and O–H groups in total. The minimum absolute atomic E-state index is 0.0434. The summed E-state index contributed by atoms with van der Waals surface area (Å²) in [6.07, 6.45) is 3.78. The maximum absolute atomic E-state index is 14.1. The van der Waals surface area contributed by atoms with Crippen molar-refractivity contribution in [1.82, 2.24) is 31.9 Å². The van der Waals surface area contributed by atoms with Crippen molar-refractivity contribution >= 4 is 66.7 Å². The van der Waals surface area contributed by atoms with E-state index in [0.29, 0.717) is 63.7 Å². The minimum atomic E-state index is -1.30. The predicted molar refractivity (Wildman–Crippen MR) is 233 cm³/mol. The van der Waals surface area contributed by atoms with Crippen molar-refractivity contribution in [3.63, 3.8) is 0 Å². The highest BCUT2D eigenvalue weighted by molar-refractivity contribution is 7.80. The number of aliphatic carboxylic acids is 1. The first-order valence-corrected chi connectivity index (χ1v) is 21.5. The molecule has 0 aliphatic carbocycles. The molecule has 334 valence electrons. The van der Waals surface area contributed by atoms with E-state index in [-0.39, 0.29) is 49.5 Å². The molecule has 1 aromatic carbocycles. The summed E-state index contributed by atoms with van der Waals surface area (Å²) in [7, 11) is 0. The van der Waals surface area contributed by atoms with E-state index in [1.165, 1.54) is 0 Å². The largest absolute Gasteiger partial charge is 0.480 e. The van der Waals surface area contributed by atoms with E-state index in [1.54, 1.807) is 30.3 Å². The molecule has 0 saturated carbocycles. The van der Waals surface area contributed by atoms with Crippen LogP contribution in [0.4, 0.5) is 0 Å². The van der Waals surface area contributed by atoms with Gasteiger partial charge in [0.1, 0.15) is 36.3 Å². The van der Waals surface area contributed by atoms with Crippen LogP contribution in [0.2, 0.25) is 0 Å². The van der Waals surface area contributed by atoms with Crippen molar-refractivity contribution in [2.75, 3.05) is 31.1 Å². The zero-order chi connectivity index (χ0) is 44.3. The van der Waals surface area contributed by atoms with Crippen LogP contribution < -0.4 is 54.8 Å². The Morgan fingerprint density at radius 2 is 0.915 bits per heavy atom. The highest BCUT2D eigenvalue weighted by atomic mass is 32.1. The van der Waals surface area contributed by atoms with E-state index in [0.717, 1.165) is 0 Å². The number of carbonyl (C=O) groups is 7. The molecule has 0 aliphatic heterocycles. The molecule has 59 heavy (non-hydrogen) atoms. The van der Waals surface area contributed by atoms with E-state index in [4.69, 9.17) is 22.9 Å². The van der Waals surface area contributed by atoms with Crippen LogP contribution in [0.15, 0.2) is 30.3 Å². The number of amides is 6. The number of hydrogen-bond donors (Lipinski definition) is 13. The monoisotopic (exact) mass is 868 g/mol. The molecule has 0 spiro atoms. The van der Waals surface area contributed by atoms with Gasteiger partial charge >= 0.3 is 5.97 Å². The van der Waals surface area contributed by atoms with Crippen LogP contribution in [0.3, 0.4) is 0 Å². The lowest BCUT2D eigenvalue weighted by Gasteiger charge is -2.28. The van der Waals surface area contributed by atoms with Crippen LogP contribution in [-0.4, -0.2) is 120 Å². The molecule has 7 atom stereocenters. The Kier molecular flexibility index (Phi) is 27.1. The van der Waals surface area contributed by atoms with Gasteiger partial charge in [-0.1, -0.05) is 44.2 Å². The third-order valence-electron chi connectivity index (χ3n) is 9.33. The highest BCUT2D eigenvalue weighted by Crippen LogP contribution is 2.12. The Morgan fingerprint density at radius 3 is 1.31 bits per heavy atom. The van der Waals surface area contributed by atoms with E-state index < -0.39 is 83.7 Å². The van der Waals surface area contributed by atoms with Gasteiger partial charge in [0.25, 0.3) is 0 Å².